The van der Waals surface area contributed by atoms with E-state index in [4.69, 9.17) is 9.05 Å². The van der Waals surface area contributed by atoms with E-state index in [0.29, 0.717) is 17.4 Å². The quantitative estimate of drug-likeness (QED) is 0.0297. The minimum atomic E-state index is -4.60. The number of unbranched alkanes of at least 4 members (excludes halogenated alkanes) is 13. The van der Waals surface area contributed by atoms with Crippen molar-refractivity contribution in [1.82, 2.24) is 5.32 Å². The van der Waals surface area contributed by atoms with Crippen molar-refractivity contribution in [3.05, 3.63) is 60.8 Å². The minimum absolute atomic E-state index is 0.0145. The number of allylic oxidation sites excluding steroid dienone is 9. The van der Waals surface area contributed by atoms with Crippen molar-refractivity contribution in [3.8, 4) is 0 Å². The van der Waals surface area contributed by atoms with Gasteiger partial charge in [-0.25, -0.2) is 0 Å². The second kappa shape index (κ2) is 33.1. The van der Waals surface area contributed by atoms with Gasteiger partial charge in [0.05, 0.1) is 39.9 Å². The molecule has 0 fully saturated rings. The number of nitrogens with zero attached hydrogens (tertiary/aromatic N) is 1. The second-order valence-electron chi connectivity index (χ2n) is 14.3. The van der Waals surface area contributed by atoms with E-state index in [1.165, 1.54) is 44.9 Å². The van der Waals surface area contributed by atoms with Gasteiger partial charge in [-0.2, -0.15) is 0 Å². The van der Waals surface area contributed by atoms with Crippen molar-refractivity contribution in [3.63, 3.8) is 0 Å². The van der Waals surface area contributed by atoms with Gasteiger partial charge in [-0.15, -0.1) is 0 Å². The van der Waals surface area contributed by atoms with Crippen LogP contribution < -0.4 is 10.2 Å². The van der Waals surface area contributed by atoms with Gasteiger partial charge >= 0.3 is 0 Å². The van der Waals surface area contributed by atoms with E-state index in [0.717, 1.165) is 77.0 Å². The molecule has 0 spiro atoms. The van der Waals surface area contributed by atoms with Gasteiger partial charge in [-0.3, -0.25) is 9.36 Å². The molecule has 0 aliphatic carbocycles. The lowest BCUT2D eigenvalue weighted by Gasteiger charge is -2.29. The average Bonchev–Trinajstić information content (AvgIpc) is 3.06. The van der Waals surface area contributed by atoms with E-state index >= 15 is 0 Å². The number of quaternary nitrogens is 1. The Morgan fingerprint density at radius 3 is 1.74 bits per heavy atom. The van der Waals surface area contributed by atoms with Crippen molar-refractivity contribution < 1.29 is 32.9 Å². The number of rotatable bonds is 34. The molecule has 1 amide bonds. The third-order valence-electron chi connectivity index (χ3n) is 8.18. The van der Waals surface area contributed by atoms with Crippen LogP contribution in [-0.2, 0) is 18.4 Å². The molecule has 2 N–H and O–H groups in total. The number of amides is 1. The first-order chi connectivity index (χ1) is 24.0. The Morgan fingerprint density at radius 1 is 0.700 bits per heavy atom. The number of hydrogen-bond acceptors (Lipinski definition) is 6. The molecule has 0 aliphatic rings. The van der Waals surface area contributed by atoms with Crippen molar-refractivity contribution >= 4 is 13.7 Å². The maximum absolute atomic E-state index is 12.8. The predicted octanol–water partition coefficient (Wildman–Crippen LogP) is 9.66. The van der Waals surface area contributed by atoms with Crippen LogP contribution in [0.1, 0.15) is 142 Å². The number of phosphoric ester groups is 1. The molecule has 3 unspecified atom stereocenters. The maximum Gasteiger partial charge on any atom is 0.268 e. The molecule has 9 heteroatoms. The highest BCUT2D eigenvalue weighted by Gasteiger charge is 2.23. The third-order valence-corrected chi connectivity index (χ3v) is 9.14. The van der Waals surface area contributed by atoms with Gasteiger partial charge in [0.25, 0.3) is 7.82 Å². The molecule has 0 saturated carbocycles. The van der Waals surface area contributed by atoms with Gasteiger partial charge in [0.1, 0.15) is 13.2 Å². The van der Waals surface area contributed by atoms with E-state index < -0.39 is 26.6 Å². The van der Waals surface area contributed by atoms with Crippen LogP contribution >= 0.6 is 7.82 Å². The molecule has 0 radical (unpaired) electrons. The van der Waals surface area contributed by atoms with Crippen LogP contribution in [0.4, 0.5) is 0 Å². The number of hydrogen-bond donors (Lipinski definition) is 2. The van der Waals surface area contributed by atoms with E-state index in [9.17, 15) is 19.4 Å². The lowest BCUT2D eigenvalue weighted by Crippen LogP contribution is -2.45. The van der Waals surface area contributed by atoms with E-state index in [-0.39, 0.29) is 12.5 Å². The Hall–Kier alpha value is -1.80. The van der Waals surface area contributed by atoms with Crippen molar-refractivity contribution in [2.45, 2.75) is 154 Å². The van der Waals surface area contributed by atoms with Gasteiger partial charge in [0.2, 0.25) is 5.91 Å². The van der Waals surface area contributed by atoms with Gasteiger partial charge in [0, 0.05) is 6.42 Å². The van der Waals surface area contributed by atoms with Crippen LogP contribution in [-0.4, -0.2) is 68.5 Å². The topological polar surface area (TPSA) is 108 Å². The van der Waals surface area contributed by atoms with Crippen LogP contribution in [0.15, 0.2) is 60.8 Å². The van der Waals surface area contributed by atoms with Gasteiger partial charge in [-0.05, 0) is 77.0 Å². The van der Waals surface area contributed by atoms with Crippen LogP contribution in [0.3, 0.4) is 0 Å². The fourth-order valence-corrected chi connectivity index (χ4v) is 5.70. The van der Waals surface area contributed by atoms with Crippen LogP contribution in [0.25, 0.3) is 0 Å². The molecule has 290 valence electrons. The highest BCUT2D eigenvalue weighted by molar-refractivity contribution is 7.45. The molecular weight excluding hydrogens is 647 g/mol. The fourth-order valence-electron chi connectivity index (χ4n) is 4.98. The van der Waals surface area contributed by atoms with Crippen LogP contribution in [0.2, 0.25) is 0 Å². The smallest absolute Gasteiger partial charge is 0.268 e. The molecule has 8 nitrogen and oxygen atoms in total. The Morgan fingerprint density at radius 2 is 1.18 bits per heavy atom. The molecule has 0 heterocycles. The summed E-state index contributed by atoms with van der Waals surface area (Å²) in [6, 6.07) is -0.916. The van der Waals surface area contributed by atoms with Gasteiger partial charge < -0.3 is 28.8 Å². The molecule has 0 aliphatic heterocycles. The zero-order chi connectivity index (χ0) is 37.2. The Labute approximate surface area is 307 Å². The summed E-state index contributed by atoms with van der Waals surface area (Å²) in [5, 5.41) is 13.7. The summed E-state index contributed by atoms with van der Waals surface area (Å²) in [5.41, 5.74) is 0. The SMILES string of the molecule is CCCCC/C=C\C/C=C\CCCCCCCC(=O)NC(COP(=O)([O-])OCC[N+](C)(C)C)C(O)/C=C/CC/C=C/CC/C=C/CCCCC. The standard InChI is InChI=1S/C41H75N2O6P/c1-6-8-10-12-14-16-18-20-21-23-25-27-29-31-33-35-41(45)42-39(38-49-50(46,47)48-37-36-43(3,4)5)40(44)34-32-30-28-26-24-22-19-17-15-13-11-9-7-2/h14-17,20-21,24,26,32,34,39-40,44H,6-13,18-19,22-23,25,27-31,33,35-38H2,1-5H3,(H-,42,45,46,47)/b16-14-,17-15+,21-20-,26-24+,34-32+. The molecule has 0 aromatic carbocycles. The first-order valence-electron chi connectivity index (χ1n) is 19.7. The van der Waals surface area contributed by atoms with E-state index in [1.807, 2.05) is 27.2 Å². The monoisotopic (exact) mass is 723 g/mol. The summed E-state index contributed by atoms with van der Waals surface area (Å²) in [6.45, 7) is 4.51. The zero-order valence-corrected chi connectivity index (χ0v) is 33.5. The third kappa shape index (κ3) is 34.6. The Kier molecular flexibility index (Phi) is 31.9. The summed E-state index contributed by atoms with van der Waals surface area (Å²) < 4.78 is 23.1. The summed E-state index contributed by atoms with van der Waals surface area (Å²) in [6.07, 6.45) is 41.2. The number of aliphatic hydroxyl groups excluding tert-OH is 1. The molecule has 0 aromatic heterocycles. The van der Waals surface area contributed by atoms with Gasteiger partial charge in [-0.1, -0.05) is 120 Å². The first-order valence-corrected chi connectivity index (χ1v) is 21.1. The molecule has 0 rings (SSSR count). The molecular formula is C41H75N2O6P. The largest absolute Gasteiger partial charge is 0.756 e. The Balaban J connectivity index is 4.63. The normalized spacial score (nSPS) is 15.3. The molecule has 0 aromatic rings. The number of aliphatic hydroxyl groups is 1. The minimum Gasteiger partial charge on any atom is -0.756 e. The fraction of sp³-hybridized carbons (Fsp3) is 0.732. The summed E-state index contributed by atoms with van der Waals surface area (Å²) in [7, 11) is 1.21. The Bertz CT molecular complexity index is 1000. The predicted molar refractivity (Wildman–Crippen MR) is 210 cm³/mol. The number of phosphoric acid groups is 1. The lowest BCUT2D eigenvalue weighted by molar-refractivity contribution is -0.870. The summed E-state index contributed by atoms with van der Waals surface area (Å²) in [4.78, 5) is 25.2. The highest BCUT2D eigenvalue weighted by atomic mass is 31.2. The molecule has 3 atom stereocenters. The molecule has 50 heavy (non-hydrogen) atoms. The second-order valence-corrected chi connectivity index (χ2v) is 15.7. The molecule has 0 saturated heterocycles. The van der Waals surface area contributed by atoms with Crippen molar-refractivity contribution in [2.75, 3.05) is 40.9 Å². The first kappa shape index (κ1) is 48.2. The van der Waals surface area contributed by atoms with Gasteiger partial charge in [0.15, 0.2) is 0 Å². The zero-order valence-electron chi connectivity index (χ0n) is 32.6. The number of nitrogens with one attached hydrogen (secondary N) is 1. The summed E-state index contributed by atoms with van der Waals surface area (Å²) >= 11 is 0. The van der Waals surface area contributed by atoms with E-state index in [1.54, 1.807) is 6.08 Å². The lowest BCUT2D eigenvalue weighted by atomic mass is 10.1. The average molecular weight is 723 g/mol. The highest BCUT2D eigenvalue weighted by Crippen LogP contribution is 2.38. The van der Waals surface area contributed by atoms with Crippen LogP contribution in [0.5, 0.6) is 0 Å². The molecule has 0 bridgehead atoms. The van der Waals surface area contributed by atoms with Crippen molar-refractivity contribution in [1.29, 1.82) is 0 Å². The van der Waals surface area contributed by atoms with Crippen LogP contribution in [0, 0.1) is 0 Å². The van der Waals surface area contributed by atoms with E-state index in [2.05, 4.69) is 67.8 Å². The van der Waals surface area contributed by atoms with Crippen molar-refractivity contribution in [2.24, 2.45) is 0 Å². The summed E-state index contributed by atoms with van der Waals surface area (Å²) in [5.74, 6) is -0.231. The number of carbonyl (C=O) groups is 1. The maximum atomic E-state index is 12.8. The number of carbonyl (C=O) groups excluding carboxylic acids is 1. The number of likely N-dealkylation sites (N-methyl/N-ethyl adjacent to an activating group) is 1.